The molecule has 2 heterocycles. The number of nitrogens with zero attached hydrogens (tertiary/aromatic N) is 2. The molecule has 0 bridgehead atoms. The van der Waals surface area contributed by atoms with Gasteiger partial charge in [-0.1, -0.05) is 18.2 Å². The van der Waals surface area contributed by atoms with Crippen molar-refractivity contribution in [1.29, 1.82) is 0 Å². The van der Waals surface area contributed by atoms with Gasteiger partial charge in [0, 0.05) is 23.2 Å². The molecular weight excluding hydrogens is 290 g/mol. The average Bonchev–Trinajstić information content (AvgIpc) is 2.92. The van der Waals surface area contributed by atoms with E-state index in [0.717, 1.165) is 16.5 Å². The van der Waals surface area contributed by atoms with Gasteiger partial charge in [-0.3, -0.25) is 4.79 Å². The van der Waals surface area contributed by atoms with Gasteiger partial charge in [0.25, 0.3) is 5.56 Å². The Hall–Kier alpha value is -3.08. The van der Waals surface area contributed by atoms with E-state index in [1.54, 1.807) is 19.4 Å². The van der Waals surface area contributed by atoms with Crippen molar-refractivity contribution in [3.8, 4) is 22.7 Å². The van der Waals surface area contributed by atoms with Crippen LogP contribution in [-0.2, 0) is 0 Å². The Balaban J connectivity index is 2.01. The Morgan fingerprint density at radius 1 is 1.17 bits per heavy atom. The second kappa shape index (κ2) is 4.98. The van der Waals surface area contributed by atoms with Gasteiger partial charge in [0.05, 0.1) is 18.4 Å². The van der Waals surface area contributed by atoms with E-state index in [9.17, 15) is 4.79 Å². The molecule has 0 saturated heterocycles. The second-order valence-electron chi connectivity index (χ2n) is 5.52. The summed E-state index contributed by atoms with van der Waals surface area (Å²) in [5.74, 6) is 0.688. The molecule has 4 rings (SSSR count). The van der Waals surface area contributed by atoms with Crippen LogP contribution in [0.25, 0.3) is 27.8 Å². The number of pyridine rings is 1. The fraction of sp³-hybridized carbons (Fsp3) is 0.111. The normalized spacial score (nSPS) is 11.2. The summed E-state index contributed by atoms with van der Waals surface area (Å²) in [6.45, 7) is 2.03. The first kappa shape index (κ1) is 13.6. The van der Waals surface area contributed by atoms with Crippen LogP contribution < -0.4 is 10.3 Å². The molecule has 0 aromatic heterocycles. The van der Waals surface area contributed by atoms with Crippen LogP contribution in [0, 0.1) is 6.92 Å². The van der Waals surface area contributed by atoms with Crippen LogP contribution in [0.4, 0.5) is 0 Å². The monoisotopic (exact) mass is 305 g/mol. The zero-order chi connectivity index (χ0) is 16.0. The zero-order valence-electron chi connectivity index (χ0n) is 12.8. The van der Waals surface area contributed by atoms with Gasteiger partial charge < -0.3 is 9.72 Å². The van der Waals surface area contributed by atoms with Crippen molar-refractivity contribution >= 4 is 10.9 Å². The minimum Gasteiger partial charge on any atom is -0.497 e. The van der Waals surface area contributed by atoms with Crippen molar-refractivity contribution in [2.75, 3.05) is 7.11 Å². The van der Waals surface area contributed by atoms with Gasteiger partial charge in [0.2, 0.25) is 0 Å². The average molecular weight is 305 g/mol. The number of nitrogens with one attached hydrogen (secondary N) is 1. The molecule has 0 radical (unpaired) electrons. The predicted octanol–water partition coefficient (Wildman–Crippen LogP) is 3.14. The maximum absolute atomic E-state index is 12.7. The Morgan fingerprint density at radius 3 is 2.87 bits per heavy atom. The van der Waals surface area contributed by atoms with Crippen LogP contribution in [0.2, 0.25) is 0 Å². The number of hydrogen-bond donors (Lipinski definition) is 1. The van der Waals surface area contributed by atoms with Crippen molar-refractivity contribution in [2.45, 2.75) is 6.92 Å². The first-order valence-electron chi connectivity index (χ1n) is 7.32. The van der Waals surface area contributed by atoms with Gasteiger partial charge in [-0.15, -0.1) is 0 Å². The summed E-state index contributed by atoms with van der Waals surface area (Å²) in [6.07, 6.45) is 1.73. The van der Waals surface area contributed by atoms with Gasteiger partial charge in [-0.25, -0.2) is 0 Å². The predicted molar refractivity (Wildman–Crippen MR) is 89.6 cm³/mol. The van der Waals surface area contributed by atoms with Gasteiger partial charge in [-0.2, -0.15) is 9.78 Å². The summed E-state index contributed by atoms with van der Waals surface area (Å²) in [4.78, 5) is 15.9. The second-order valence-corrected chi connectivity index (χ2v) is 5.52. The third kappa shape index (κ3) is 2.09. The van der Waals surface area contributed by atoms with Gasteiger partial charge in [0.15, 0.2) is 0 Å². The Labute approximate surface area is 132 Å². The van der Waals surface area contributed by atoms with Crippen molar-refractivity contribution in [2.24, 2.45) is 0 Å². The maximum atomic E-state index is 12.7. The van der Waals surface area contributed by atoms with E-state index in [4.69, 9.17) is 4.74 Å². The molecule has 0 fully saturated rings. The summed E-state index contributed by atoms with van der Waals surface area (Å²) in [5, 5.41) is 5.48. The molecule has 0 aliphatic carbocycles. The number of benzene rings is 2. The van der Waals surface area contributed by atoms with Crippen LogP contribution >= 0.6 is 0 Å². The summed E-state index contributed by atoms with van der Waals surface area (Å²) >= 11 is 0. The number of H-pyrrole nitrogens is 1. The number of aromatic nitrogens is 3. The third-order valence-corrected chi connectivity index (χ3v) is 3.98. The smallest absolute Gasteiger partial charge is 0.282 e. The van der Waals surface area contributed by atoms with E-state index in [1.807, 2.05) is 43.3 Å². The number of rotatable bonds is 2. The number of fused-ring (bicyclic) bond motifs is 3. The standard InChI is InChI=1S/C18H15N3O2/c1-11-6-7-14-16(8-11)19-10-15-17(14)20-21(18(15)22)12-4-3-5-13(9-12)23-2/h3-10,19H,1-2H3. The highest BCUT2D eigenvalue weighted by molar-refractivity contribution is 5.93. The summed E-state index contributed by atoms with van der Waals surface area (Å²) < 4.78 is 6.64. The van der Waals surface area contributed by atoms with Crippen molar-refractivity contribution < 1.29 is 4.74 Å². The lowest BCUT2D eigenvalue weighted by atomic mass is 10.1. The number of methoxy groups -OCH3 is 1. The number of aromatic amines is 1. The molecule has 0 saturated carbocycles. The highest BCUT2D eigenvalue weighted by atomic mass is 16.5. The molecule has 2 aliphatic rings. The first-order valence-corrected chi connectivity index (χ1v) is 7.32. The van der Waals surface area contributed by atoms with Crippen molar-refractivity contribution in [1.82, 2.24) is 14.8 Å². The Morgan fingerprint density at radius 2 is 2.04 bits per heavy atom. The molecule has 2 aromatic rings. The van der Waals surface area contributed by atoms with Gasteiger partial charge in [-0.05, 0) is 30.7 Å². The largest absolute Gasteiger partial charge is 0.497 e. The molecule has 114 valence electrons. The van der Waals surface area contributed by atoms with Crippen LogP contribution in [0.1, 0.15) is 5.56 Å². The summed E-state index contributed by atoms with van der Waals surface area (Å²) in [7, 11) is 1.60. The molecule has 0 spiro atoms. The van der Waals surface area contributed by atoms with Crippen LogP contribution in [0.15, 0.2) is 53.5 Å². The quantitative estimate of drug-likeness (QED) is 0.619. The SMILES string of the molecule is COc1cccc(-n2nc3c4ccc(C)cc4[nH]cc-3c2=O)c1. The Bertz CT molecular complexity index is 1050. The minimum atomic E-state index is -0.146. The van der Waals surface area contributed by atoms with Crippen molar-refractivity contribution in [3.63, 3.8) is 0 Å². The highest BCUT2D eigenvalue weighted by Gasteiger charge is 2.19. The van der Waals surface area contributed by atoms with Crippen LogP contribution in [-0.4, -0.2) is 21.9 Å². The van der Waals surface area contributed by atoms with E-state index >= 15 is 0 Å². The van der Waals surface area contributed by atoms with E-state index < -0.39 is 0 Å². The molecule has 2 aliphatic heterocycles. The van der Waals surface area contributed by atoms with Crippen molar-refractivity contribution in [3.05, 3.63) is 64.6 Å². The van der Waals surface area contributed by atoms with Crippen LogP contribution in [0.5, 0.6) is 5.75 Å². The summed E-state index contributed by atoms with van der Waals surface area (Å²) in [6, 6.07) is 13.4. The fourth-order valence-electron chi connectivity index (χ4n) is 2.79. The first-order chi connectivity index (χ1) is 11.2. The van der Waals surface area contributed by atoms with E-state index in [2.05, 4.69) is 10.1 Å². The molecule has 0 amide bonds. The highest BCUT2D eigenvalue weighted by Crippen LogP contribution is 2.27. The number of aryl methyl sites for hydroxylation is 1. The fourth-order valence-corrected chi connectivity index (χ4v) is 2.79. The topological polar surface area (TPSA) is 59.9 Å². The molecular formula is C18H15N3O2. The molecule has 5 nitrogen and oxygen atoms in total. The molecule has 0 atom stereocenters. The minimum absolute atomic E-state index is 0.146. The number of ether oxygens (including phenoxy) is 1. The molecule has 0 unspecified atom stereocenters. The maximum Gasteiger partial charge on any atom is 0.282 e. The molecule has 23 heavy (non-hydrogen) atoms. The lowest BCUT2D eigenvalue weighted by molar-refractivity contribution is 0.414. The summed E-state index contributed by atoms with van der Waals surface area (Å²) in [5.41, 5.74) is 3.93. The lowest BCUT2D eigenvalue weighted by Gasteiger charge is -2.03. The number of hydrogen-bond acceptors (Lipinski definition) is 3. The van der Waals surface area contributed by atoms with E-state index in [1.165, 1.54) is 4.68 Å². The molecule has 5 heteroatoms. The Kier molecular flexibility index (Phi) is 2.94. The van der Waals surface area contributed by atoms with E-state index in [0.29, 0.717) is 22.7 Å². The molecule has 2 aromatic carbocycles. The van der Waals surface area contributed by atoms with Gasteiger partial charge >= 0.3 is 0 Å². The van der Waals surface area contributed by atoms with E-state index in [-0.39, 0.29) is 5.56 Å². The van der Waals surface area contributed by atoms with Gasteiger partial charge in [0.1, 0.15) is 11.4 Å². The third-order valence-electron chi connectivity index (χ3n) is 3.98. The lowest BCUT2D eigenvalue weighted by Crippen LogP contribution is -2.14. The van der Waals surface area contributed by atoms with Crippen LogP contribution in [0.3, 0.4) is 0 Å². The zero-order valence-corrected chi connectivity index (χ0v) is 12.8. The molecule has 1 N–H and O–H groups in total.